The zero-order chi connectivity index (χ0) is 16.9. The number of hydrogen-bond donors (Lipinski definition) is 2. The molecule has 1 saturated heterocycles. The van der Waals surface area contributed by atoms with Crippen molar-refractivity contribution in [1.29, 1.82) is 0 Å². The molecule has 0 aromatic heterocycles. The van der Waals surface area contributed by atoms with E-state index >= 15 is 0 Å². The second-order valence-corrected chi connectivity index (χ2v) is 7.39. The van der Waals surface area contributed by atoms with E-state index in [9.17, 15) is 14.7 Å². The number of likely N-dealkylation sites (tertiary alicyclic amines) is 1. The van der Waals surface area contributed by atoms with Gasteiger partial charge in [-0.05, 0) is 37.0 Å². The number of hydrogen-bond acceptors (Lipinski definition) is 3. The summed E-state index contributed by atoms with van der Waals surface area (Å²) in [6, 6.07) is -0.119. The van der Waals surface area contributed by atoms with Gasteiger partial charge in [0.15, 0.2) is 0 Å². The molecule has 6 heteroatoms. The Hall–Kier alpha value is -1.30. The summed E-state index contributed by atoms with van der Waals surface area (Å²) in [6.07, 6.45) is 6.30. The molecule has 2 N–H and O–H groups in total. The zero-order valence-electron chi connectivity index (χ0n) is 14.3. The lowest BCUT2D eigenvalue weighted by Gasteiger charge is -2.36. The number of aliphatic carboxylic acids is 1. The second-order valence-electron chi connectivity index (χ2n) is 7.39. The number of nitrogens with one attached hydrogen (secondary N) is 1. The number of carbonyl (C=O) groups is 2. The first-order valence-corrected chi connectivity index (χ1v) is 8.70. The Bertz CT molecular complexity index is 421. The Labute approximate surface area is 138 Å². The molecule has 2 unspecified atom stereocenters. The molecule has 2 amide bonds. The average molecular weight is 326 g/mol. The summed E-state index contributed by atoms with van der Waals surface area (Å²) in [5.74, 6) is -1.02. The van der Waals surface area contributed by atoms with Crippen molar-refractivity contribution in [1.82, 2.24) is 10.2 Å². The minimum Gasteiger partial charge on any atom is -0.481 e. The first kappa shape index (κ1) is 18.0. The normalized spacial score (nSPS) is 27.0. The summed E-state index contributed by atoms with van der Waals surface area (Å²) >= 11 is 0. The van der Waals surface area contributed by atoms with Crippen LogP contribution in [-0.4, -0.2) is 55.4 Å². The molecule has 2 rings (SSSR count). The van der Waals surface area contributed by atoms with Crippen molar-refractivity contribution < 1.29 is 19.4 Å². The van der Waals surface area contributed by atoms with Crippen LogP contribution < -0.4 is 5.32 Å². The van der Waals surface area contributed by atoms with Crippen LogP contribution in [0.25, 0.3) is 0 Å². The second kappa shape index (κ2) is 7.99. The lowest BCUT2D eigenvalue weighted by Crippen LogP contribution is -2.51. The highest BCUT2D eigenvalue weighted by molar-refractivity contribution is 5.76. The van der Waals surface area contributed by atoms with E-state index in [1.807, 2.05) is 6.92 Å². The minimum absolute atomic E-state index is 0.119. The van der Waals surface area contributed by atoms with Gasteiger partial charge in [0.2, 0.25) is 0 Å². The first-order valence-electron chi connectivity index (χ1n) is 8.70. The van der Waals surface area contributed by atoms with Gasteiger partial charge in [0, 0.05) is 33.4 Å². The van der Waals surface area contributed by atoms with E-state index < -0.39 is 11.9 Å². The molecule has 2 fully saturated rings. The standard InChI is InChI=1S/C17H30N2O4/c1-13-9-14(15(20)21)11-19(10-13)16(22)18-12-17(7-8-23-2)5-3-4-6-17/h13-14H,3-12H2,1-2H3,(H,18,22)(H,20,21). The number of nitrogens with zero attached hydrogens (tertiary/aromatic N) is 1. The molecule has 1 heterocycles. The molecule has 132 valence electrons. The number of carbonyl (C=O) groups excluding carboxylic acids is 1. The number of carboxylic acid groups (broad SMARTS) is 1. The number of rotatable bonds is 6. The highest BCUT2D eigenvalue weighted by Crippen LogP contribution is 2.40. The predicted molar refractivity (Wildman–Crippen MR) is 87.3 cm³/mol. The fourth-order valence-electron chi connectivity index (χ4n) is 4.03. The molecule has 1 aliphatic heterocycles. The van der Waals surface area contributed by atoms with Crippen molar-refractivity contribution in [3.63, 3.8) is 0 Å². The molecule has 1 saturated carbocycles. The quantitative estimate of drug-likeness (QED) is 0.785. The van der Waals surface area contributed by atoms with Crippen LogP contribution in [-0.2, 0) is 9.53 Å². The third kappa shape index (κ3) is 4.83. The molecule has 1 aliphatic carbocycles. The Kier molecular flexibility index (Phi) is 6.27. The van der Waals surface area contributed by atoms with E-state index in [2.05, 4.69) is 5.32 Å². The molecule has 0 aromatic carbocycles. The van der Waals surface area contributed by atoms with E-state index in [1.165, 1.54) is 12.8 Å². The average Bonchev–Trinajstić information content (AvgIpc) is 2.99. The van der Waals surface area contributed by atoms with Crippen molar-refractivity contribution in [3.8, 4) is 0 Å². The highest BCUT2D eigenvalue weighted by atomic mass is 16.5. The zero-order valence-corrected chi connectivity index (χ0v) is 14.3. The van der Waals surface area contributed by atoms with Gasteiger partial charge < -0.3 is 20.1 Å². The van der Waals surface area contributed by atoms with Gasteiger partial charge in [0.25, 0.3) is 0 Å². The topological polar surface area (TPSA) is 78.9 Å². The lowest BCUT2D eigenvalue weighted by atomic mass is 9.83. The van der Waals surface area contributed by atoms with Gasteiger partial charge in [-0.15, -0.1) is 0 Å². The fraction of sp³-hybridized carbons (Fsp3) is 0.882. The van der Waals surface area contributed by atoms with Crippen LogP contribution in [0, 0.1) is 17.3 Å². The minimum atomic E-state index is -0.804. The smallest absolute Gasteiger partial charge is 0.317 e. The van der Waals surface area contributed by atoms with Crippen LogP contribution in [0.5, 0.6) is 0 Å². The van der Waals surface area contributed by atoms with Gasteiger partial charge in [-0.2, -0.15) is 0 Å². The van der Waals surface area contributed by atoms with Gasteiger partial charge in [-0.25, -0.2) is 4.79 Å². The van der Waals surface area contributed by atoms with Crippen LogP contribution in [0.2, 0.25) is 0 Å². The van der Waals surface area contributed by atoms with Crippen molar-refractivity contribution in [2.75, 3.05) is 33.4 Å². The first-order chi connectivity index (χ1) is 11.0. The number of ether oxygens (including phenoxy) is 1. The van der Waals surface area contributed by atoms with Crippen LogP contribution in [0.4, 0.5) is 4.79 Å². The molecule has 0 spiro atoms. The predicted octanol–water partition coefficient (Wildman–Crippen LogP) is 2.34. The van der Waals surface area contributed by atoms with Crippen LogP contribution in [0.3, 0.4) is 0 Å². The van der Waals surface area contributed by atoms with Crippen molar-refractivity contribution in [2.24, 2.45) is 17.3 Å². The van der Waals surface area contributed by atoms with Crippen molar-refractivity contribution in [2.45, 2.75) is 45.4 Å². The van der Waals surface area contributed by atoms with E-state index in [1.54, 1.807) is 12.0 Å². The third-order valence-corrected chi connectivity index (χ3v) is 5.41. The van der Waals surface area contributed by atoms with Gasteiger partial charge >= 0.3 is 12.0 Å². The van der Waals surface area contributed by atoms with Crippen LogP contribution in [0.15, 0.2) is 0 Å². The maximum Gasteiger partial charge on any atom is 0.317 e. The fourth-order valence-corrected chi connectivity index (χ4v) is 4.03. The molecular formula is C17H30N2O4. The van der Waals surface area contributed by atoms with Gasteiger partial charge in [0.05, 0.1) is 5.92 Å². The monoisotopic (exact) mass is 326 g/mol. The van der Waals surface area contributed by atoms with E-state index in [0.29, 0.717) is 26.1 Å². The largest absolute Gasteiger partial charge is 0.481 e. The Balaban J connectivity index is 1.88. The van der Waals surface area contributed by atoms with Gasteiger partial charge in [-0.1, -0.05) is 19.8 Å². The summed E-state index contributed by atoms with van der Waals surface area (Å²) in [4.78, 5) is 25.4. The molecule has 6 nitrogen and oxygen atoms in total. The van der Waals surface area contributed by atoms with Crippen molar-refractivity contribution >= 4 is 12.0 Å². The summed E-state index contributed by atoms with van der Waals surface area (Å²) in [5, 5.41) is 12.3. The maximum absolute atomic E-state index is 12.5. The van der Waals surface area contributed by atoms with Crippen molar-refractivity contribution in [3.05, 3.63) is 0 Å². The number of urea groups is 1. The number of amides is 2. The highest BCUT2D eigenvalue weighted by Gasteiger charge is 2.36. The number of methoxy groups -OCH3 is 1. The molecule has 0 aromatic rings. The summed E-state index contributed by atoms with van der Waals surface area (Å²) in [7, 11) is 1.71. The third-order valence-electron chi connectivity index (χ3n) is 5.41. The van der Waals surface area contributed by atoms with E-state index in [0.717, 1.165) is 25.9 Å². The van der Waals surface area contributed by atoms with E-state index in [-0.39, 0.29) is 17.4 Å². The number of piperidine rings is 1. The molecule has 0 bridgehead atoms. The maximum atomic E-state index is 12.5. The Morgan fingerprint density at radius 2 is 2.00 bits per heavy atom. The molecular weight excluding hydrogens is 296 g/mol. The van der Waals surface area contributed by atoms with Gasteiger partial charge in [-0.3, -0.25) is 4.79 Å². The molecule has 23 heavy (non-hydrogen) atoms. The Morgan fingerprint density at radius 1 is 1.30 bits per heavy atom. The SMILES string of the molecule is COCCC1(CNC(=O)N2CC(C)CC(C(=O)O)C2)CCCC1. The number of carboxylic acids is 1. The lowest BCUT2D eigenvalue weighted by molar-refractivity contribution is -0.143. The summed E-state index contributed by atoms with van der Waals surface area (Å²) in [6.45, 7) is 4.35. The Morgan fingerprint density at radius 3 is 2.61 bits per heavy atom. The van der Waals surface area contributed by atoms with E-state index in [4.69, 9.17) is 4.74 Å². The summed E-state index contributed by atoms with van der Waals surface area (Å²) in [5.41, 5.74) is 0.152. The summed E-state index contributed by atoms with van der Waals surface area (Å²) < 4.78 is 5.22. The van der Waals surface area contributed by atoms with Crippen LogP contribution >= 0.6 is 0 Å². The van der Waals surface area contributed by atoms with Crippen LogP contribution in [0.1, 0.15) is 45.4 Å². The molecule has 2 atom stereocenters. The van der Waals surface area contributed by atoms with Gasteiger partial charge in [0.1, 0.15) is 0 Å². The molecule has 0 radical (unpaired) electrons. The molecule has 2 aliphatic rings.